The van der Waals surface area contributed by atoms with Gasteiger partial charge in [-0.3, -0.25) is 4.98 Å². The lowest BCUT2D eigenvalue weighted by molar-refractivity contribution is 0.601. The molecule has 2 nitrogen and oxygen atoms in total. The monoisotopic (exact) mass is 274 g/mol. The minimum Gasteiger partial charge on any atom is -0.312 e. The predicted molar refractivity (Wildman–Crippen MR) is 79.4 cm³/mol. The molecule has 0 spiro atoms. The number of hydrogen-bond acceptors (Lipinski definition) is 4. The van der Waals surface area contributed by atoms with Gasteiger partial charge in [-0.05, 0) is 42.6 Å². The highest BCUT2D eigenvalue weighted by Gasteiger charge is 2.13. The standard InChI is InChI=1S/C14H14N2S2/c1-15-11(7-10-3-2-5-16-9-10)13-8-14-12(18-13)4-6-17-14/h2-6,8-9,11,15H,7H2,1H3. The molecule has 3 aromatic rings. The van der Waals surface area contributed by atoms with E-state index in [0.717, 1.165) is 6.42 Å². The van der Waals surface area contributed by atoms with Crippen LogP contribution >= 0.6 is 22.7 Å². The molecule has 0 bridgehead atoms. The first-order valence-electron chi connectivity index (χ1n) is 5.90. The number of likely N-dealkylation sites (N-methyl/N-ethyl adjacent to an activating group) is 1. The third-order valence-electron chi connectivity index (χ3n) is 3.01. The van der Waals surface area contributed by atoms with Crippen LogP contribution in [0.25, 0.3) is 9.40 Å². The normalized spacial score (nSPS) is 12.9. The molecule has 0 saturated carbocycles. The first-order valence-corrected chi connectivity index (χ1v) is 7.59. The van der Waals surface area contributed by atoms with Gasteiger partial charge in [0.1, 0.15) is 0 Å². The van der Waals surface area contributed by atoms with Crippen LogP contribution in [0.4, 0.5) is 0 Å². The van der Waals surface area contributed by atoms with Crippen molar-refractivity contribution in [2.75, 3.05) is 7.05 Å². The SMILES string of the molecule is CNC(Cc1cccnc1)c1cc2sccc2s1. The Morgan fingerprint density at radius 2 is 2.28 bits per heavy atom. The van der Waals surface area contributed by atoms with Gasteiger partial charge < -0.3 is 5.32 Å². The Morgan fingerprint density at radius 1 is 1.33 bits per heavy atom. The molecule has 1 N–H and O–H groups in total. The second kappa shape index (κ2) is 5.18. The zero-order chi connectivity index (χ0) is 12.4. The van der Waals surface area contributed by atoms with Crippen LogP contribution in [-0.2, 0) is 6.42 Å². The fourth-order valence-corrected chi connectivity index (χ4v) is 4.29. The summed E-state index contributed by atoms with van der Waals surface area (Å²) in [5.74, 6) is 0. The van der Waals surface area contributed by atoms with Crippen LogP contribution in [0.5, 0.6) is 0 Å². The van der Waals surface area contributed by atoms with Crippen molar-refractivity contribution in [1.29, 1.82) is 0 Å². The van der Waals surface area contributed by atoms with E-state index in [-0.39, 0.29) is 0 Å². The molecule has 0 radical (unpaired) electrons. The minimum absolute atomic E-state index is 0.374. The van der Waals surface area contributed by atoms with Crippen molar-refractivity contribution in [2.24, 2.45) is 0 Å². The molecule has 3 heterocycles. The quantitative estimate of drug-likeness (QED) is 0.781. The van der Waals surface area contributed by atoms with E-state index in [4.69, 9.17) is 0 Å². The molecule has 92 valence electrons. The van der Waals surface area contributed by atoms with Gasteiger partial charge in [0.2, 0.25) is 0 Å². The molecule has 18 heavy (non-hydrogen) atoms. The van der Waals surface area contributed by atoms with Gasteiger partial charge in [0.25, 0.3) is 0 Å². The Hall–Kier alpha value is -1.23. The number of nitrogens with one attached hydrogen (secondary N) is 1. The molecule has 3 rings (SSSR count). The van der Waals surface area contributed by atoms with Crippen LogP contribution in [0, 0.1) is 0 Å². The fraction of sp³-hybridized carbons (Fsp3) is 0.214. The van der Waals surface area contributed by atoms with E-state index < -0.39 is 0 Å². The summed E-state index contributed by atoms with van der Waals surface area (Å²) in [5, 5.41) is 5.56. The Bertz CT molecular complexity index is 599. The van der Waals surface area contributed by atoms with Crippen LogP contribution in [0.3, 0.4) is 0 Å². The van der Waals surface area contributed by atoms with E-state index in [2.05, 4.69) is 33.9 Å². The van der Waals surface area contributed by atoms with Crippen molar-refractivity contribution < 1.29 is 0 Å². The van der Waals surface area contributed by atoms with Gasteiger partial charge >= 0.3 is 0 Å². The topological polar surface area (TPSA) is 24.9 Å². The molecule has 0 aliphatic rings. The highest BCUT2D eigenvalue weighted by Crippen LogP contribution is 2.34. The van der Waals surface area contributed by atoms with E-state index in [0.29, 0.717) is 6.04 Å². The van der Waals surface area contributed by atoms with E-state index in [1.54, 1.807) is 0 Å². The van der Waals surface area contributed by atoms with Crippen molar-refractivity contribution in [1.82, 2.24) is 10.3 Å². The number of pyridine rings is 1. The molecule has 3 aromatic heterocycles. The van der Waals surface area contributed by atoms with Gasteiger partial charge in [-0.15, -0.1) is 22.7 Å². The summed E-state index contributed by atoms with van der Waals surface area (Å²) >= 11 is 3.70. The molecular formula is C14H14N2S2. The van der Waals surface area contributed by atoms with Gasteiger partial charge in [-0.2, -0.15) is 0 Å². The zero-order valence-corrected chi connectivity index (χ0v) is 11.7. The van der Waals surface area contributed by atoms with Gasteiger partial charge in [-0.25, -0.2) is 0 Å². The van der Waals surface area contributed by atoms with Crippen molar-refractivity contribution in [3.8, 4) is 0 Å². The predicted octanol–water partition coefficient (Wildman–Crippen LogP) is 3.86. The fourth-order valence-electron chi connectivity index (χ4n) is 2.06. The molecule has 1 unspecified atom stereocenters. The van der Waals surface area contributed by atoms with E-state index in [9.17, 15) is 0 Å². The Balaban J connectivity index is 1.86. The lowest BCUT2D eigenvalue weighted by Gasteiger charge is -2.14. The maximum absolute atomic E-state index is 4.18. The lowest BCUT2D eigenvalue weighted by atomic mass is 10.1. The van der Waals surface area contributed by atoms with Crippen LogP contribution in [0.1, 0.15) is 16.5 Å². The number of nitrogens with zero attached hydrogens (tertiary/aromatic N) is 1. The van der Waals surface area contributed by atoms with E-state index >= 15 is 0 Å². The van der Waals surface area contributed by atoms with E-state index in [1.165, 1.54) is 19.8 Å². The third kappa shape index (κ3) is 2.32. The van der Waals surface area contributed by atoms with Crippen molar-refractivity contribution in [3.63, 3.8) is 0 Å². The second-order valence-corrected chi connectivity index (χ2v) is 6.27. The average molecular weight is 274 g/mol. The molecule has 0 aromatic carbocycles. The molecule has 0 fully saturated rings. The summed E-state index contributed by atoms with van der Waals surface area (Å²) < 4.78 is 2.78. The van der Waals surface area contributed by atoms with Crippen LogP contribution in [0.2, 0.25) is 0 Å². The largest absolute Gasteiger partial charge is 0.312 e. The Labute approximate surface area is 114 Å². The third-order valence-corrected chi connectivity index (χ3v) is 5.22. The van der Waals surface area contributed by atoms with Gasteiger partial charge in [0, 0.05) is 32.7 Å². The molecule has 1 atom stereocenters. The maximum Gasteiger partial charge on any atom is 0.0454 e. The van der Waals surface area contributed by atoms with Crippen LogP contribution in [-0.4, -0.2) is 12.0 Å². The number of aromatic nitrogens is 1. The average Bonchev–Trinajstić information content (AvgIpc) is 2.98. The smallest absolute Gasteiger partial charge is 0.0454 e. The van der Waals surface area contributed by atoms with Crippen molar-refractivity contribution >= 4 is 32.1 Å². The molecule has 4 heteroatoms. The number of fused-ring (bicyclic) bond motifs is 1. The Morgan fingerprint density at radius 3 is 3.00 bits per heavy atom. The number of thiophene rings is 2. The van der Waals surface area contributed by atoms with Gasteiger partial charge in [0.15, 0.2) is 0 Å². The summed E-state index contributed by atoms with van der Waals surface area (Å²) in [4.78, 5) is 5.58. The summed E-state index contributed by atoms with van der Waals surface area (Å²) in [6.07, 6.45) is 4.75. The molecular weight excluding hydrogens is 260 g/mol. The van der Waals surface area contributed by atoms with Crippen LogP contribution in [0.15, 0.2) is 42.0 Å². The van der Waals surface area contributed by atoms with Gasteiger partial charge in [0.05, 0.1) is 0 Å². The first-order chi connectivity index (χ1) is 8.86. The summed E-state index contributed by atoms with van der Waals surface area (Å²) in [6, 6.07) is 9.01. The van der Waals surface area contributed by atoms with E-state index in [1.807, 2.05) is 48.2 Å². The number of hydrogen-bond donors (Lipinski definition) is 1. The van der Waals surface area contributed by atoms with Crippen LogP contribution < -0.4 is 5.32 Å². The first kappa shape index (κ1) is 11.8. The summed E-state index contributed by atoms with van der Waals surface area (Å²) in [6.45, 7) is 0. The summed E-state index contributed by atoms with van der Waals surface area (Å²) in [7, 11) is 2.02. The summed E-state index contributed by atoms with van der Waals surface area (Å²) in [5.41, 5.74) is 1.27. The van der Waals surface area contributed by atoms with Crippen molar-refractivity contribution in [3.05, 3.63) is 52.5 Å². The second-order valence-electron chi connectivity index (χ2n) is 4.20. The lowest BCUT2D eigenvalue weighted by Crippen LogP contribution is -2.17. The molecule has 0 saturated heterocycles. The molecule has 0 aliphatic heterocycles. The highest BCUT2D eigenvalue weighted by atomic mass is 32.1. The van der Waals surface area contributed by atoms with Gasteiger partial charge in [-0.1, -0.05) is 6.07 Å². The molecule has 0 aliphatic carbocycles. The molecule has 0 amide bonds. The number of rotatable bonds is 4. The highest BCUT2D eigenvalue weighted by molar-refractivity contribution is 7.26. The zero-order valence-electron chi connectivity index (χ0n) is 10.1. The Kier molecular flexibility index (Phi) is 3.41. The minimum atomic E-state index is 0.374. The van der Waals surface area contributed by atoms with Crippen molar-refractivity contribution in [2.45, 2.75) is 12.5 Å². The maximum atomic E-state index is 4.18.